The molecule has 2 aliphatic rings. The quantitative estimate of drug-likeness (QED) is 0.705. The van der Waals surface area contributed by atoms with Gasteiger partial charge in [0.1, 0.15) is 5.75 Å². The van der Waals surface area contributed by atoms with Crippen molar-refractivity contribution in [2.24, 2.45) is 0 Å². The Balaban J connectivity index is 1.51. The molecule has 5 heteroatoms. The Labute approximate surface area is 162 Å². The predicted molar refractivity (Wildman–Crippen MR) is 104 cm³/mol. The number of hydrogen-bond donors (Lipinski definition) is 0. The molecule has 2 aromatic carbocycles. The van der Waals surface area contributed by atoms with Gasteiger partial charge in [-0.15, -0.1) is 0 Å². The minimum atomic E-state index is -0.345. The number of benzene rings is 2. The van der Waals surface area contributed by atoms with Crippen molar-refractivity contribution in [1.29, 1.82) is 0 Å². The molecule has 0 amide bonds. The number of methoxy groups -OCH3 is 1. The van der Waals surface area contributed by atoms with E-state index in [0.717, 1.165) is 42.7 Å². The van der Waals surface area contributed by atoms with Gasteiger partial charge in [-0.25, -0.2) is 4.79 Å². The molecule has 2 aliphatic heterocycles. The highest BCUT2D eigenvalue weighted by atomic mass is 79.9. The van der Waals surface area contributed by atoms with E-state index in [9.17, 15) is 4.79 Å². The molecular formula is C21H22BrNO3. The SMILES string of the molecule is COC(=O)c1cc2c(cc1Br)C1(CCN(Cc3ccccc3)CC1)CO2. The van der Waals surface area contributed by atoms with Crippen LogP contribution in [0.15, 0.2) is 46.9 Å². The molecule has 136 valence electrons. The van der Waals surface area contributed by atoms with E-state index in [1.807, 2.05) is 6.07 Å². The first-order valence-corrected chi connectivity index (χ1v) is 9.72. The van der Waals surface area contributed by atoms with Crippen LogP contribution in [0.4, 0.5) is 0 Å². The summed E-state index contributed by atoms with van der Waals surface area (Å²) in [5.74, 6) is 0.479. The summed E-state index contributed by atoms with van der Waals surface area (Å²) in [7, 11) is 1.40. The number of likely N-dealkylation sites (tertiary alicyclic amines) is 1. The van der Waals surface area contributed by atoms with E-state index in [0.29, 0.717) is 12.2 Å². The zero-order chi connectivity index (χ0) is 18.1. The van der Waals surface area contributed by atoms with Gasteiger partial charge >= 0.3 is 5.97 Å². The molecule has 0 aromatic heterocycles. The molecule has 0 N–H and O–H groups in total. The van der Waals surface area contributed by atoms with Crippen LogP contribution in [-0.4, -0.2) is 37.7 Å². The van der Waals surface area contributed by atoms with Crippen molar-refractivity contribution in [3.8, 4) is 5.75 Å². The van der Waals surface area contributed by atoms with Crippen LogP contribution in [0.25, 0.3) is 0 Å². The van der Waals surface area contributed by atoms with Crippen molar-refractivity contribution in [2.75, 3.05) is 26.8 Å². The number of rotatable bonds is 3. The molecule has 0 radical (unpaired) electrons. The second kappa shape index (κ2) is 7.05. The van der Waals surface area contributed by atoms with Gasteiger partial charge in [-0.1, -0.05) is 30.3 Å². The van der Waals surface area contributed by atoms with Crippen LogP contribution in [-0.2, 0) is 16.7 Å². The number of carbonyl (C=O) groups is 1. The molecule has 1 fully saturated rings. The smallest absolute Gasteiger partial charge is 0.339 e. The van der Waals surface area contributed by atoms with Crippen molar-refractivity contribution >= 4 is 21.9 Å². The van der Waals surface area contributed by atoms with Crippen molar-refractivity contribution < 1.29 is 14.3 Å². The van der Waals surface area contributed by atoms with Crippen molar-refractivity contribution in [1.82, 2.24) is 4.90 Å². The fraction of sp³-hybridized carbons (Fsp3) is 0.381. The first-order chi connectivity index (χ1) is 12.6. The lowest BCUT2D eigenvalue weighted by Gasteiger charge is -2.38. The first kappa shape index (κ1) is 17.6. The number of piperidine rings is 1. The predicted octanol–water partition coefficient (Wildman–Crippen LogP) is 4.16. The Bertz CT molecular complexity index is 814. The number of halogens is 1. The summed E-state index contributed by atoms with van der Waals surface area (Å²) < 4.78 is 11.6. The first-order valence-electron chi connectivity index (χ1n) is 8.93. The Kier molecular flexibility index (Phi) is 4.76. The maximum Gasteiger partial charge on any atom is 0.339 e. The van der Waals surface area contributed by atoms with E-state index >= 15 is 0 Å². The molecule has 26 heavy (non-hydrogen) atoms. The number of carbonyl (C=O) groups excluding carboxylic acids is 1. The maximum atomic E-state index is 11.9. The van der Waals surface area contributed by atoms with Gasteiger partial charge < -0.3 is 9.47 Å². The number of fused-ring (bicyclic) bond motifs is 2. The monoisotopic (exact) mass is 415 g/mol. The van der Waals surface area contributed by atoms with Gasteiger partial charge in [0, 0.05) is 22.0 Å². The third kappa shape index (κ3) is 3.14. The summed E-state index contributed by atoms with van der Waals surface area (Å²) in [5.41, 5.74) is 3.15. The lowest BCUT2D eigenvalue weighted by Crippen LogP contribution is -2.43. The van der Waals surface area contributed by atoms with Crippen molar-refractivity contribution in [3.63, 3.8) is 0 Å². The molecule has 0 atom stereocenters. The third-order valence-corrected chi connectivity index (χ3v) is 6.27. The molecular weight excluding hydrogens is 394 g/mol. The molecule has 0 unspecified atom stereocenters. The lowest BCUT2D eigenvalue weighted by molar-refractivity contribution is 0.0599. The normalized spacial score (nSPS) is 18.4. The molecule has 0 saturated carbocycles. The molecule has 2 aromatic rings. The van der Waals surface area contributed by atoms with E-state index in [1.165, 1.54) is 18.2 Å². The van der Waals surface area contributed by atoms with Crippen LogP contribution in [0.1, 0.15) is 34.3 Å². The Morgan fingerprint density at radius 2 is 1.96 bits per heavy atom. The van der Waals surface area contributed by atoms with E-state index in [-0.39, 0.29) is 11.4 Å². The molecule has 4 rings (SSSR count). The second-order valence-electron chi connectivity index (χ2n) is 7.15. The summed E-state index contributed by atoms with van der Waals surface area (Å²) in [6, 6.07) is 14.5. The van der Waals surface area contributed by atoms with Gasteiger partial charge in [0.25, 0.3) is 0 Å². The van der Waals surface area contributed by atoms with Crippen molar-refractivity contribution in [2.45, 2.75) is 24.8 Å². The fourth-order valence-corrected chi connectivity index (χ4v) is 4.55. The molecule has 0 aliphatic carbocycles. The number of nitrogens with zero attached hydrogens (tertiary/aromatic N) is 1. The summed E-state index contributed by atoms with van der Waals surface area (Å²) in [6.07, 6.45) is 2.13. The zero-order valence-electron chi connectivity index (χ0n) is 14.8. The minimum absolute atomic E-state index is 0.0552. The van der Waals surface area contributed by atoms with E-state index in [4.69, 9.17) is 9.47 Å². The number of esters is 1. The third-order valence-electron chi connectivity index (χ3n) is 5.61. The average Bonchev–Trinajstić information content (AvgIpc) is 3.01. The average molecular weight is 416 g/mol. The van der Waals surface area contributed by atoms with Gasteiger partial charge in [-0.2, -0.15) is 0 Å². The van der Waals surface area contributed by atoms with E-state index in [2.05, 4.69) is 57.2 Å². The summed E-state index contributed by atoms with van der Waals surface area (Å²) in [5, 5.41) is 0. The van der Waals surface area contributed by atoms with Crippen LogP contribution in [0.5, 0.6) is 5.75 Å². The van der Waals surface area contributed by atoms with Crippen LogP contribution in [0.2, 0.25) is 0 Å². The standard InChI is InChI=1S/C21H22BrNO3/c1-25-20(24)16-11-19-17(12-18(16)22)21(14-26-19)7-9-23(10-8-21)13-15-5-3-2-4-6-15/h2-6,11-12H,7-10,13-14H2,1H3. The summed E-state index contributed by atoms with van der Waals surface area (Å²) in [6.45, 7) is 3.79. The second-order valence-corrected chi connectivity index (χ2v) is 8.00. The largest absolute Gasteiger partial charge is 0.492 e. The molecule has 2 heterocycles. The number of ether oxygens (including phenoxy) is 2. The van der Waals surface area contributed by atoms with Gasteiger partial charge in [-0.3, -0.25) is 4.90 Å². The molecule has 4 nitrogen and oxygen atoms in total. The maximum absolute atomic E-state index is 11.9. The van der Waals surface area contributed by atoms with Crippen molar-refractivity contribution in [3.05, 3.63) is 63.6 Å². The topological polar surface area (TPSA) is 38.8 Å². The summed E-state index contributed by atoms with van der Waals surface area (Å²) in [4.78, 5) is 14.4. The van der Waals surface area contributed by atoms with E-state index < -0.39 is 0 Å². The van der Waals surface area contributed by atoms with Gasteiger partial charge in [-0.05, 0) is 59.6 Å². The Morgan fingerprint density at radius 3 is 2.65 bits per heavy atom. The van der Waals surface area contributed by atoms with Crippen LogP contribution < -0.4 is 4.74 Å². The highest BCUT2D eigenvalue weighted by Crippen LogP contribution is 2.47. The number of hydrogen-bond acceptors (Lipinski definition) is 4. The molecule has 1 saturated heterocycles. The van der Waals surface area contributed by atoms with Gasteiger partial charge in [0.05, 0.1) is 19.3 Å². The molecule has 1 spiro atoms. The van der Waals surface area contributed by atoms with Crippen LogP contribution >= 0.6 is 15.9 Å². The molecule has 0 bridgehead atoms. The highest BCUT2D eigenvalue weighted by molar-refractivity contribution is 9.10. The van der Waals surface area contributed by atoms with Gasteiger partial charge in [0.15, 0.2) is 0 Å². The van der Waals surface area contributed by atoms with Gasteiger partial charge in [0.2, 0.25) is 0 Å². The summed E-state index contributed by atoms with van der Waals surface area (Å²) >= 11 is 3.53. The minimum Gasteiger partial charge on any atom is -0.492 e. The van der Waals surface area contributed by atoms with E-state index in [1.54, 1.807) is 0 Å². The fourth-order valence-electron chi connectivity index (χ4n) is 4.04. The lowest BCUT2D eigenvalue weighted by atomic mass is 9.74. The zero-order valence-corrected chi connectivity index (χ0v) is 16.4. The van der Waals surface area contributed by atoms with Crippen LogP contribution in [0, 0.1) is 0 Å². The Hall–Kier alpha value is -1.85. The highest BCUT2D eigenvalue weighted by Gasteiger charge is 2.43. The van der Waals surface area contributed by atoms with Crippen LogP contribution in [0.3, 0.4) is 0 Å². The Morgan fingerprint density at radius 1 is 1.23 bits per heavy atom.